The zero-order valence-corrected chi connectivity index (χ0v) is 22.4. The van der Waals surface area contributed by atoms with Crippen LogP contribution in [0, 0.1) is 5.92 Å². The SMILES string of the molecule is CI(I)[I-]n1c2c(c3cc(CN)ccc31)CCN1C3C2CC2CC(P)C231. The molecule has 1 aromatic carbocycles. The summed E-state index contributed by atoms with van der Waals surface area (Å²) < 4.78 is 2.88. The van der Waals surface area contributed by atoms with Gasteiger partial charge >= 0.3 is 183 Å². The third kappa shape index (κ3) is 2.15. The molecule has 2 aliphatic heterocycles. The standard InChI is InChI=1S/C19H24I3N3P/c1-22(20)21-25-15-3-2-10(9-23)6-13(15)12-4-5-24-18-14(17(12)25)7-11-8-16(26)19(11,18)24/h2-3,6,11,14,16,18H,4-5,7-9,23,26H2,1H3/q-1. The Morgan fingerprint density at radius 2 is 2.27 bits per heavy atom. The fourth-order valence-corrected chi connectivity index (χ4v) is 21.7. The van der Waals surface area contributed by atoms with Crippen molar-refractivity contribution in [3.63, 3.8) is 0 Å². The predicted molar refractivity (Wildman–Crippen MR) is 125 cm³/mol. The molecule has 1 aromatic heterocycles. The summed E-state index contributed by atoms with van der Waals surface area (Å²) in [5, 5.41) is 1.54. The van der Waals surface area contributed by atoms with Crippen LogP contribution in [0.25, 0.3) is 10.9 Å². The van der Waals surface area contributed by atoms with Gasteiger partial charge in [-0.2, -0.15) is 0 Å². The number of hydrogen-bond acceptors (Lipinski definition) is 2. The molecule has 2 N–H and O–H groups in total. The van der Waals surface area contributed by atoms with Crippen LogP contribution in [0.4, 0.5) is 0 Å². The van der Waals surface area contributed by atoms with Crippen molar-refractivity contribution in [2.24, 2.45) is 11.7 Å². The molecular weight excluding hydrogens is 682 g/mol. The van der Waals surface area contributed by atoms with E-state index in [1.165, 1.54) is 42.3 Å². The van der Waals surface area contributed by atoms with Crippen LogP contribution in [0.15, 0.2) is 18.2 Å². The molecule has 2 aliphatic carbocycles. The third-order valence-corrected chi connectivity index (χ3v) is 22.1. The van der Waals surface area contributed by atoms with Gasteiger partial charge in [0.05, 0.1) is 0 Å². The van der Waals surface area contributed by atoms with E-state index >= 15 is 0 Å². The average Bonchev–Trinajstić information content (AvgIpc) is 3.17. The van der Waals surface area contributed by atoms with Crippen LogP contribution in [0.1, 0.15) is 35.6 Å². The van der Waals surface area contributed by atoms with Crippen LogP contribution in [0.2, 0.25) is 0 Å². The molecule has 4 aliphatic rings. The molecule has 2 aromatic rings. The van der Waals surface area contributed by atoms with Crippen LogP contribution in [-0.2, 0) is 13.0 Å². The van der Waals surface area contributed by atoms with Crippen molar-refractivity contribution in [2.45, 2.75) is 49.0 Å². The summed E-state index contributed by atoms with van der Waals surface area (Å²) in [6.07, 6.45) is 4.13. The van der Waals surface area contributed by atoms with Crippen molar-refractivity contribution in [3.8, 4) is 0 Å². The van der Waals surface area contributed by atoms with E-state index in [0.29, 0.717) is 12.1 Å². The molecule has 2 saturated carbocycles. The number of rotatable bonds is 3. The molecule has 1 spiro atoms. The van der Waals surface area contributed by atoms with Crippen LogP contribution in [-0.4, -0.2) is 36.4 Å². The molecule has 3 nitrogen and oxygen atoms in total. The molecule has 0 bridgehead atoms. The first-order valence-electron chi connectivity index (χ1n) is 9.39. The van der Waals surface area contributed by atoms with Crippen molar-refractivity contribution >= 4 is 50.6 Å². The van der Waals surface area contributed by atoms with Gasteiger partial charge in [0.15, 0.2) is 0 Å². The summed E-state index contributed by atoms with van der Waals surface area (Å²) in [5.41, 5.74) is 13.7. The zero-order chi connectivity index (χ0) is 17.8. The molecule has 3 fully saturated rings. The number of hydrogen-bond donors (Lipinski definition) is 1. The second kappa shape index (κ2) is 6.15. The van der Waals surface area contributed by atoms with Gasteiger partial charge in [-0.1, -0.05) is 0 Å². The summed E-state index contributed by atoms with van der Waals surface area (Å²) in [4.78, 5) is 5.45. The van der Waals surface area contributed by atoms with Crippen molar-refractivity contribution in [1.82, 2.24) is 7.68 Å². The second-order valence-electron chi connectivity index (χ2n) is 8.26. The number of nitrogens with two attached hydrogens (primary N) is 1. The Labute approximate surface area is 181 Å². The normalized spacial score (nSPS) is 39.8. The number of nitrogens with zero attached hydrogens (tertiary/aromatic N) is 2. The topological polar surface area (TPSA) is 34.0 Å². The Kier molecular flexibility index (Phi) is 4.28. The molecule has 7 atom stereocenters. The molecule has 142 valence electrons. The van der Waals surface area contributed by atoms with Gasteiger partial charge in [-0.15, -0.1) is 0 Å². The maximum atomic E-state index is 5.98. The number of alkyl halides is 1. The van der Waals surface area contributed by atoms with Gasteiger partial charge in [-0.3, -0.25) is 0 Å². The Bertz CT molecular complexity index is 928. The number of benzene rings is 1. The van der Waals surface area contributed by atoms with Crippen LogP contribution in [0.5, 0.6) is 0 Å². The average molecular weight is 706 g/mol. The van der Waals surface area contributed by atoms with Gasteiger partial charge in [0.2, 0.25) is 0 Å². The van der Waals surface area contributed by atoms with E-state index in [4.69, 9.17) is 5.73 Å². The maximum absolute atomic E-state index is 5.98. The van der Waals surface area contributed by atoms with Crippen molar-refractivity contribution in [3.05, 3.63) is 35.0 Å². The summed E-state index contributed by atoms with van der Waals surface area (Å²) >= 11 is 2.13. The van der Waals surface area contributed by atoms with E-state index in [0.717, 1.165) is 23.5 Å². The third-order valence-electron chi connectivity index (χ3n) is 7.41. The summed E-state index contributed by atoms with van der Waals surface area (Å²) in [7, 11) is 3.19. The quantitative estimate of drug-likeness (QED) is 0.225. The van der Waals surface area contributed by atoms with E-state index in [-0.39, 0.29) is 17.5 Å². The van der Waals surface area contributed by atoms with Crippen LogP contribution >= 0.6 is 39.7 Å². The van der Waals surface area contributed by atoms with E-state index in [1.54, 1.807) is 11.3 Å². The molecule has 0 radical (unpaired) electrons. The molecule has 7 unspecified atom stereocenters. The molecule has 6 rings (SSSR count). The zero-order valence-electron chi connectivity index (χ0n) is 14.8. The molecule has 7 heteroatoms. The summed E-state index contributed by atoms with van der Waals surface area (Å²) in [6.45, 7) is 1.93. The van der Waals surface area contributed by atoms with Gasteiger partial charge in [0.1, 0.15) is 0 Å². The minimum absolute atomic E-state index is 0.126. The molecular formula is C19H24I3N3P-. The Balaban J connectivity index is 1.57. The van der Waals surface area contributed by atoms with E-state index in [2.05, 4.69) is 58.7 Å². The summed E-state index contributed by atoms with van der Waals surface area (Å²) in [6, 6.07) is 7.93. The second-order valence-corrected chi connectivity index (χ2v) is 41.7. The van der Waals surface area contributed by atoms with E-state index in [1.807, 2.05) is 0 Å². The fourth-order valence-electron chi connectivity index (χ4n) is 6.52. The Morgan fingerprint density at radius 1 is 1.42 bits per heavy atom. The van der Waals surface area contributed by atoms with Gasteiger partial charge in [0, 0.05) is 0 Å². The van der Waals surface area contributed by atoms with Crippen LogP contribution < -0.4 is 23.2 Å². The number of fused-ring (bicyclic) bond motifs is 4. The van der Waals surface area contributed by atoms with Gasteiger partial charge in [0.25, 0.3) is 0 Å². The first-order chi connectivity index (χ1) is 12.6. The number of piperidine rings is 1. The van der Waals surface area contributed by atoms with E-state index in [9.17, 15) is 0 Å². The number of halogens is 3. The van der Waals surface area contributed by atoms with Gasteiger partial charge in [-0.25, -0.2) is 0 Å². The monoisotopic (exact) mass is 706 g/mol. The summed E-state index contributed by atoms with van der Waals surface area (Å²) in [5.74, 6) is 1.76. The van der Waals surface area contributed by atoms with Crippen molar-refractivity contribution < 1.29 is 17.5 Å². The van der Waals surface area contributed by atoms with Crippen LogP contribution in [0.3, 0.4) is 0 Å². The number of aromatic nitrogens is 1. The first kappa shape index (κ1) is 18.1. The first-order valence-corrected chi connectivity index (χ1v) is 25.7. The minimum atomic E-state index is -0.790. The molecule has 1 saturated heterocycles. The van der Waals surface area contributed by atoms with E-state index < -0.39 is 11.9 Å². The van der Waals surface area contributed by atoms with Crippen molar-refractivity contribution in [1.29, 1.82) is 0 Å². The van der Waals surface area contributed by atoms with Crippen molar-refractivity contribution in [2.75, 3.05) is 11.5 Å². The van der Waals surface area contributed by atoms with Gasteiger partial charge in [-0.05, 0) is 0 Å². The van der Waals surface area contributed by atoms with Gasteiger partial charge < -0.3 is 0 Å². The Hall–Kier alpha value is 1.30. The fraction of sp³-hybridized carbons (Fsp3) is 0.579. The predicted octanol–water partition coefficient (Wildman–Crippen LogP) is 1.08. The Morgan fingerprint density at radius 3 is 3.00 bits per heavy atom. The molecule has 0 amide bonds. The molecule has 26 heavy (non-hydrogen) atoms. The molecule has 3 heterocycles.